The maximum Gasteiger partial charge on any atom is 0.0517 e. The van der Waals surface area contributed by atoms with Crippen molar-refractivity contribution in [3.05, 3.63) is 42.5 Å². The van der Waals surface area contributed by atoms with Crippen molar-refractivity contribution in [1.82, 2.24) is 0 Å². The molecular weight excluding hydrogens is 208 g/mol. The van der Waals surface area contributed by atoms with Crippen LogP contribution in [-0.4, -0.2) is 11.7 Å². The van der Waals surface area contributed by atoms with Gasteiger partial charge in [-0.2, -0.15) is 0 Å². The van der Waals surface area contributed by atoms with Crippen LogP contribution in [0.5, 0.6) is 0 Å². The van der Waals surface area contributed by atoms with Crippen molar-refractivity contribution in [3.8, 4) is 0 Å². The van der Waals surface area contributed by atoms with E-state index in [2.05, 4.69) is 0 Å². The standard InChI is InChI=1S/C12H10O2S/c13-12(14)8-15-11-6-5-9-3-1-2-4-10(9)7-11/h1-7H,8H2,(H,13,14)/p-1. The van der Waals surface area contributed by atoms with Crippen molar-refractivity contribution in [3.63, 3.8) is 0 Å². The molecule has 0 spiro atoms. The van der Waals surface area contributed by atoms with Crippen LogP contribution in [0.25, 0.3) is 10.8 Å². The highest BCUT2D eigenvalue weighted by Gasteiger charge is 1.96. The molecule has 0 saturated carbocycles. The fraction of sp³-hybridized carbons (Fsp3) is 0.0833. The number of rotatable bonds is 3. The van der Waals surface area contributed by atoms with Crippen LogP contribution in [0.2, 0.25) is 0 Å². The Hall–Kier alpha value is -1.48. The van der Waals surface area contributed by atoms with Crippen LogP contribution in [0.15, 0.2) is 47.4 Å². The summed E-state index contributed by atoms with van der Waals surface area (Å²) >= 11 is 1.28. The van der Waals surface area contributed by atoms with E-state index in [9.17, 15) is 9.90 Å². The number of carboxylic acids is 1. The van der Waals surface area contributed by atoms with Crippen LogP contribution in [0, 0.1) is 0 Å². The van der Waals surface area contributed by atoms with Gasteiger partial charge in [-0.25, -0.2) is 0 Å². The van der Waals surface area contributed by atoms with Crippen LogP contribution in [0.1, 0.15) is 0 Å². The van der Waals surface area contributed by atoms with Crippen molar-refractivity contribution in [1.29, 1.82) is 0 Å². The number of hydrogen-bond donors (Lipinski definition) is 0. The molecule has 0 aromatic heterocycles. The van der Waals surface area contributed by atoms with E-state index in [0.717, 1.165) is 15.7 Å². The minimum Gasteiger partial charge on any atom is -0.549 e. The highest BCUT2D eigenvalue weighted by Crippen LogP contribution is 2.23. The summed E-state index contributed by atoms with van der Waals surface area (Å²) in [6.45, 7) is 0. The fourth-order valence-electron chi connectivity index (χ4n) is 1.40. The van der Waals surface area contributed by atoms with Gasteiger partial charge >= 0.3 is 0 Å². The molecule has 3 heteroatoms. The van der Waals surface area contributed by atoms with Gasteiger partial charge in [-0.1, -0.05) is 30.3 Å². The second kappa shape index (κ2) is 4.36. The molecule has 2 aromatic rings. The quantitative estimate of drug-likeness (QED) is 0.734. The third-order valence-corrected chi connectivity index (χ3v) is 3.04. The fourth-order valence-corrected chi connectivity index (χ4v) is 2.06. The SMILES string of the molecule is O=C([O-])CSc1ccc2ccccc2c1. The van der Waals surface area contributed by atoms with E-state index < -0.39 is 5.97 Å². The van der Waals surface area contributed by atoms with Gasteiger partial charge < -0.3 is 9.90 Å². The van der Waals surface area contributed by atoms with Crippen LogP contribution in [0.4, 0.5) is 0 Å². The molecule has 76 valence electrons. The first kappa shape index (κ1) is 10.1. The minimum absolute atomic E-state index is 0.00165. The van der Waals surface area contributed by atoms with E-state index in [0.29, 0.717) is 0 Å². The van der Waals surface area contributed by atoms with Gasteiger partial charge in [0.1, 0.15) is 0 Å². The van der Waals surface area contributed by atoms with E-state index in [1.54, 1.807) is 0 Å². The molecule has 15 heavy (non-hydrogen) atoms. The lowest BCUT2D eigenvalue weighted by atomic mass is 10.1. The number of fused-ring (bicyclic) bond motifs is 1. The number of thioether (sulfide) groups is 1. The lowest BCUT2D eigenvalue weighted by molar-refractivity contribution is -0.301. The van der Waals surface area contributed by atoms with Crippen LogP contribution >= 0.6 is 11.8 Å². The highest BCUT2D eigenvalue weighted by atomic mass is 32.2. The smallest absolute Gasteiger partial charge is 0.0517 e. The zero-order valence-corrected chi connectivity index (χ0v) is 8.79. The summed E-state index contributed by atoms with van der Waals surface area (Å²) < 4.78 is 0. The average molecular weight is 217 g/mol. The van der Waals surface area contributed by atoms with E-state index in [1.807, 2.05) is 42.5 Å². The Kier molecular flexibility index (Phi) is 2.92. The molecule has 2 aromatic carbocycles. The third-order valence-electron chi connectivity index (χ3n) is 2.08. The Labute approximate surface area is 91.9 Å². The largest absolute Gasteiger partial charge is 0.549 e. The number of carbonyl (C=O) groups is 1. The molecule has 0 aliphatic carbocycles. The van der Waals surface area contributed by atoms with Crippen molar-refractivity contribution in [2.24, 2.45) is 0 Å². The molecule has 0 heterocycles. The van der Waals surface area contributed by atoms with Crippen molar-refractivity contribution in [2.45, 2.75) is 4.90 Å². The summed E-state index contributed by atoms with van der Waals surface area (Å²) in [5.41, 5.74) is 0. The first-order valence-corrected chi connectivity index (χ1v) is 5.56. The van der Waals surface area contributed by atoms with E-state index >= 15 is 0 Å². The molecule has 2 nitrogen and oxygen atoms in total. The van der Waals surface area contributed by atoms with Gasteiger partial charge in [0.15, 0.2) is 0 Å². The minimum atomic E-state index is -1.03. The zero-order chi connectivity index (χ0) is 10.7. The van der Waals surface area contributed by atoms with E-state index in [-0.39, 0.29) is 5.75 Å². The van der Waals surface area contributed by atoms with Gasteiger partial charge in [0, 0.05) is 10.6 Å². The number of hydrogen-bond acceptors (Lipinski definition) is 3. The predicted molar refractivity (Wildman–Crippen MR) is 59.7 cm³/mol. The van der Waals surface area contributed by atoms with Crippen molar-refractivity contribution in [2.75, 3.05) is 5.75 Å². The van der Waals surface area contributed by atoms with Crippen molar-refractivity contribution >= 4 is 28.5 Å². The van der Waals surface area contributed by atoms with E-state index in [4.69, 9.17) is 0 Å². The Morgan fingerprint density at radius 3 is 2.60 bits per heavy atom. The third kappa shape index (κ3) is 2.50. The lowest BCUT2D eigenvalue weighted by Crippen LogP contribution is -2.24. The highest BCUT2D eigenvalue weighted by molar-refractivity contribution is 8.00. The molecule has 0 N–H and O–H groups in total. The Balaban J connectivity index is 2.26. The molecule has 0 aliphatic heterocycles. The molecule has 0 aliphatic rings. The lowest BCUT2D eigenvalue weighted by Gasteiger charge is -2.04. The van der Waals surface area contributed by atoms with Gasteiger partial charge in [-0.15, -0.1) is 11.8 Å². The summed E-state index contributed by atoms with van der Waals surface area (Å²) in [6.07, 6.45) is 0. The summed E-state index contributed by atoms with van der Waals surface area (Å²) in [7, 11) is 0. The monoisotopic (exact) mass is 217 g/mol. The van der Waals surface area contributed by atoms with Gasteiger partial charge in [0.25, 0.3) is 0 Å². The number of carbonyl (C=O) groups excluding carboxylic acids is 1. The van der Waals surface area contributed by atoms with Crippen LogP contribution in [0.3, 0.4) is 0 Å². The molecule has 0 bridgehead atoms. The van der Waals surface area contributed by atoms with E-state index in [1.165, 1.54) is 11.8 Å². The summed E-state index contributed by atoms with van der Waals surface area (Å²) in [6, 6.07) is 13.9. The second-order valence-corrected chi connectivity index (χ2v) is 4.22. The first-order chi connectivity index (χ1) is 7.25. The predicted octanol–water partition coefficient (Wildman–Crippen LogP) is 1.68. The number of carboxylic acid groups (broad SMARTS) is 1. The molecule has 2 rings (SSSR count). The van der Waals surface area contributed by atoms with Crippen LogP contribution in [-0.2, 0) is 4.79 Å². The zero-order valence-electron chi connectivity index (χ0n) is 7.97. The maximum atomic E-state index is 10.3. The van der Waals surface area contributed by atoms with Gasteiger partial charge in [0.2, 0.25) is 0 Å². The Morgan fingerprint density at radius 2 is 1.87 bits per heavy atom. The Bertz CT molecular complexity index is 494. The average Bonchev–Trinajstić information content (AvgIpc) is 2.26. The van der Waals surface area contributed by atoms with Crippen LogP contribution < -0.4 is 5.11 Å². The molecule has 0 fully saturated rings. The number of benzene rings is 2. The maximum absolute atomic E-state index is 10.3. The van der Waals surface area contributed by atoms with Gasteiger partial charge in [0.05, 0.1) is 5.97 Å². The summed E-state index contributed by atoms with van der Waals surface area (Å²) in [5, 5.41) is 12.6. The summed E-state index contributed by atoms with van der Waals surface area (Å²) in [4.78, 5) is 11.3. The normalized spacial score (nSPS) is 10.4. The molecule has 0 amide bonds. The second-order valence-electron chi connectivity index (χ2n) is 3.17. The van der Waals surface area contributed by atoms with Gasteiger partial charge in [-0.05, 0) is 22.9 Å². The molecule has 0 radical (unpaired) electrons. The first-order valence-electron chi connectivity index (χ1n) is 4.57. The van der Waals surface area contributed by atoms with Crippen molar-refractivity contribution < 1.29 is 9.90 Å². The van der Waals surface area contributed by atoms with Gasteiger partial charge in [-0.3, -0.25) is 0 Å². The topological polar surface area (TPSA) is 40.1 Å². The molecule has 0 saturated heterocycles. The molecule has 0 atom stereocenters. The number of aliphatic carboxylic acids is 1. The summed E-state index contributed by atoms with van der Waals surface area (Å²) in [5.74, 6) is -1.04. The Morgan fingerprint density at radius 1 is 1.13 bits per heavy atom. The molecular formula is C12H9O2S-. The molecule has 0 unspecified atom stereocenters.